The highest BCUT2D eigenvalue weighted by Gasteiger charge is 2.73. The van der Waals surface area contributed by atoms with Crippen molar-refractivity contribution >= 4 is 64.8 Å². The molecule has 10 saturated carbocycles. The third kappa shape index (κ3) is 10.8. The van der Waals surface area contributed by atoms with Crippen molar-refractivity contribution in [3.63, 3.8) is 0 Å². The largest absolute Gasteiger partial charge is 0.465 e. The lowest BCUT2D eigenvalue weighted by atomic mass is 9.32. The van der Waals surface area contributed by atoms with Gasteiger partial charge >= 0.3 is 23.9 Å². The summed E-state index contributed by atoms with van der Waals surface area (Å²) in [6.07, 6.45) is 22.7. The summed E-state index contributed by atoms with van der Waals surface area (Å²) >= 11 is 9.53. The Hall–Kier alpha value is -3.09. The Morgan fingerprint density at radius 1 is 0.524 bits per heavy atom. The first kappa shape index (κ1) is 68.4. The van der Waals surface area contributed by atoms with E-state index in [0.29, 0.717) is 54.0 Å². The summed E-state index contributed by atoms with van der Waals surface area (Å²) < 4.78 is 11.4. The van der Waals surface area contributed by atoms with E-state index in [1.54, 1.807) is 0 Å². The second-order valence-corrected chi connectivity index (χ2v) is 31.8. The number of oxime groups is 2. The molecule has 0 radical (unpaired) electrons. The van der Waals surface area contributed by atoms with Gasteiger partial charge in [0.2, 0.25) is 0 Å². The summed E-state index contributed by atoms with van der Waals surface area (Å²) in [5.74, 6) is 3.26. The average molecular weight is 1210 g/mol. The van der Waals surface area contributed by atoms with Gasteiger partial charge in [0.15, 0.2) is 0 Å². The summed E-state index contributed by atoms with van der Waals surface area (Å²) in [6.45, 7) is 39.5. The van der Waals surface area contributed by atoms with Crippen molar-refractivity contribution < 1.29 is 48.2 Å². The van der Waals surface area contributed by atoms with Crippen LogP contribution in [-0.4, -0.2) is 71.9 Å². The van der Waals surface area contributed by atoms with Crippen LogP contribution in [0.1, 0.15) is 233 Å². The van der Waals surface area contributed by atoms with Crippen LogP contribution in [0.5, 0.6) is 0 Å². The van der Waals surface area contributed by atoms with Crippen molar-refractivity contribution in [3.05, 3.63) is 24.3 Å². The van der Waals surface area contributed by atoms with Crippen LogP contribution in [0.3, 0.4) is 0 Å². The Labute approximate surface area is 516 Å². The molecule has 10 rings (SSSR count). The maximum atomic E-state index is 12.7. The van der Waals surface area contributed by atoms with Crippen LogP contribution in [0.4, 0.5) is 0 Å². The number of fused-ring (bicyclic) bond motifs is 14. The number of halogens is 2. The van der Waals surface area contributed by atoms with Crippen LogP contribution < -0.4 is 0 Å². The number of allylic oxidation sites excluding steroid dienone is 2. The van der Waals surface area contributed by atoms with Gasteiger partial charge in [0, 0.05) is 50.5 Å². The van der Waals surface area contributed by atoms with E-state index < -0.39 is 22.8 Å². The molecule has 0 aromatic heterocycles. The number of hydrogen-bond acceptors (Lipinski definition) is 12. The molecule has 0 spiro atoms. The number of hydrogen-bond donors (Lipinski definition) is 1. The highest BCUT2D eigenvalue weighted by molar-refractivity contribution is 6.40. The van der Waals surface area contributed by atoms with Gasteiger partial charge in [-0.1, -0.05) is 97.4 Å². The fourth-order valence-electron chi connectivity index (χ4n) is 23.6. The minimum Gasteiger partial charge on any atom is -0.465 e. The minimum absolute atomic E-state index is 0. The predicted molar refractivity (Wildman–Crippen MR) is 335 cm³/mol. The number of carbonyl (C=O) groups is 5. The molecular formula is C70H110Cl2N2O10. The number of ether oxygens (including phenoxy) is 2. The third-order valence-corrected chi connectivity index (χ3v) is 27.8. The molecule has 0 aromatic rings. The van der Waals surface area contributed by atoms with E-state index in [4.69, 9.17) is 42.4 Å². The molecule has 10 fully saturated rings. The number of rotatable bonds is 10. The zero-order chi connectivity index (χ0) is 61.3. The number of aliphatic hydroxyl groups excluding tert-OH is 1. The summed E-state index contributed by atoms with van der Waals surface area (Å²) in [4.78, 5) is 70.3. The summed E-state index contributed by atoms with van der Waals surface area (Å²) in [5, 5.41) is 19.7. The van der Waals surface area contributed by atoms with Crippen molar-refractivity contribution in [2.75, 3.05) is 25.2 Å². The van der Waals surface area contributed by atoms with Crippen LogP contribution in [-0.2, 0) is 43.1 Å². The second-order valence-electron chi connectivity index (χ2n) is 31.0. The maximum absolute atomic E-state index is 12.7. The molecule has 0 aliphatic heterocycles. The first-order valence-electron chi connectivity index (χ1n) is 32.0. The zero-order valence-electron chi connectivity index (χ0n) is 53.5. The van der Waals surface area contributed by atoms with Crippen molar-refractivity contribution in [3.8, 4) is 0 Å². The third-order valence-electron chi connectivity index (χ3n) is 27.8. The Morgan fingerprint density at radius 3 is 1.32 bits per heavy atom. The Kier molecular flexibility index (Phi) is 20.1. The Balaban J connectivity index is 0.000000228. The number of aliphatic hydroxyl groups is 1. The highest BCUT2D eigenvalue weighted by atomic mass is 35.5. The summed E-state index contributed by atoms with van der Waals surface area (Å²) in [5.41, 5.74) is 4.05. The van der Waals surface area contributed by atoms with Gasteiger partial charge in [0.25, 0.3) is 0 Å². The van der Waals surface area contributed by atoms with Gasteiger partial charge < -0.3 is 29.0 Å². The van der Waals surface area contributed by atoms with Gasteiger partial charge in [0.1, 0.15) is 19.5 Å². The molecule has 0 unspecified atom stereocenters. The molecule has 12 nitrogen and oxygen atoms in total. The zero-order valence-corrected chi connectivity index (χ0v) is 55.0. The molecule has 0 aromatic carbocycles. The maximum Gasteiger partial charge on any atom is 0.331 e. The second kappa shape index (κ2) is 24.7. The van der Waals surface area contributed by atoms with Gasteiger partial charge in [-0.25, -0.2) is 9.59 Å². The van der Waals surface area contributed by atoms with Gasteiger partial charge in [-0.05, 0) is 239 Å². The van der Waals surface area contributed by atoms with Gasteiger partial charge in [0.05, 0.1) is 16.8 Å². The average Bonchev–Trinajstić information content (AvgIpc) is 0.931. The van der Waals surface area contributed by atoms with Crippen molar-refractivity contribution in [1.29, 1.82) is 0 Å². The van der Waals surface area contributed by atoms with E-state index in [-0.39, 0.29) is 93.1 Å². The highest BCUT2D eigenvalue weighted by Crippen LogP contribution is 2.79. The number of aldehydes is 1. The molecule has 0 heterocycles. The lowest BCUT2D eigenvalue weighted by Gasteiger charge is -2.72. The van der Waals surface area contributed by atoms with E-state index >= 15 is 0 Å². The smallest absolute Gasteiger partial charge is 0.331 e. The van der Waals surface area contributed by atoms with Gasteiger partial charge in [-0.3, -0.25) is 9.59 Å². The fraction of sp³-hybridized carbons (Fsp3) is 0.843. The normalized spacial score (nSPS) is 46.6. The SMILES string of the molecule is C.C=C(C)[C@@H]1CC[C@]2(C=O)CC[C@]3(C)[C@H](CC[C@@H]4[C@@]5(C)CCC(=NOC(C)=O)[C@](C)(COC(C)=O)[C@@H]5CC[C@]43C)[C@@H]12.C=C(C)[C@@H]1CC[C@]2(CO)CC[C@]3(C)[C@H](CC[C@@H]4[C@@]5(C)CCC(=NOC(C)=O)[C@](C)(COC(C)=O)[C@@H]5CC[C@]43C)[C@@H]12.ClCCl. The summed E-state index contributed by atoms with van der Waals surface area (Å²) in [7, 11) is 0. The molecule has 10 aliphatic rings. The molecular weight excluding hydrogens is 1100 g/mol. The first-order chi connectivity index (χ1) is 38.8. The van der Waals surface area contributed by atoms with E-state index in [0.717, 1.165) is 114 Å². The molecule has 474 valence electrons. The Bertz CT molecular complexity index is 2610. The van der Waals surface area contributed by atoms with E-state index in [2.05, 4.69) is 92.7 Å². The molecule has 1 N–H and O–H groups in total. The molecule has 20 atom stereocenters. The molecule has 84 heavy (non-hydrogen) atoms. The molecule has 0 bridgehead atoms. The Morgan fingerprint density at radius 2 is 0.929 bits per heavy atom. The van der Waals surface area contributed by atoms with Crippen molar-refractivity contribution in [2.24, 2.45) is 124 Å². The fourth-order valence-corrected chi connectivity index (χ4v) is 23.6. The quantitative estimate of drug-likeness (QED) is 0.0555. The van der Waals surface area contributed by atoms with Gasteiger partial charge in [-0.15, -0.1) is 23.2 Å². The first-order valence-corrected chi connectivity index (χ1v) is 33.1. The van der Waals surface area contributed by atoms with E-state index in [1.165, 1.54) is 70.8 Å². The van der Waals surface area contributed by atoms with Crippen LogP contribution in [0.2, 0.25) is 0 Å². The standard InChI is InChI=1S/C34H53NO5.C34H51NO5.CH2Cl2.CH4/c2*1-21(2)24-11-16-34(19-36)18-17-32(7)25(29(24)34)9-10-27-30(5)14-13-28(35-40-23(4)38)31(6,20-39-22(3)37)26(30)12-15-33(27,32)8;2-1-3;/h24-27,29,36H,1,9-20H2,2-8H3;19,24-27,29H,1,9-18,20H2,2-8H3;1H2;1H4/t2*24-,25+,26+,27+,29+,30-,31+,32+,33+,34+;;/m00../s1. The molecule has 0 amide bonds. The van der Waals surface area contributed by atoms with E-state index in [1.807, 2.05) is 0 Å². The van der Waals surface area contributed by atoms with E-state index in [9.17, 15) is 29.1 Å². The molecule has 14 heteroatoms. The monoisotopic (exact) mass is 1210 g/mol. The number of alkyl halides is 2. The predicted octanol–water partition coefficient (Wildman–Crippen LogP) is 16.5. The molecule has 10 aliphatic carbocycles. The van der Waals surface area contributed by atoms with Crippen molar-refractivity contribution in [2.45, 2.75) is 233 Å². The topological polar surface area (TPSA) is 167 Å². The van der Waals surface area contributed by atoms with Crippen molar-refractivity contribution in [1.82, 2.24) is 0 Å². The lowest BCUT2D eigenvalue weighted by Crippen LogP contribution is -2.67. The lowest BCUT2D eigenvalue weighted by molar-refractivity contribution is -0.233. The number of nitrogens with zero attached hydrogens (tertiary/aromatic N) is 2. The van der Waals surface area contributed by atoms with Crippen LogP contribution in [0.25, 0.3) is 0 Å². The summed E-state index contributed by atoms with van der Waals surface area (Å²) in [6, 6.07) is 0. The number of esters is 2. The molecule has 0 saturated heterocycles. The van der Waals surface area contributed by atoms with Crippen LogP contribution >= 0.6 is 23.2 Å². The van der Waals surface area contributed by atoms with Crippen LogP contribution in [0, 0.1) is 113 Å². The van der Waals surface area contributed by atoms with Crippen LogP contribution in [0.15, 0.2) is 34.6 Å². The minimum atomic E-state index is -0.483. The van der Waals surface area contributed by atoms with Gasteiger partial charge in [-0.2, -0.15) is 0 Å². The number of carbonyl (C=O) groups excluding carboxylic acids is 5.